The molecule has 0 amide bonds. The second-order valence-electron chi connectivity index (χ2n) is 4.18. The first kappa shape index (κ1) is 8.05. The van der Waals surface area contributed by atoms with Crippen LogP contribution in [0.4, 0.5) is 0 Å². The van der Waals surface area contributed by atoms with Gasteiger partial charge in [0.15, 0.2) is 0 Å². The van der Waals surface area contributed by atoms with E-state index in [2.05, 4.69) is 5.10 Å². The van der Waals surface area contributed by atoms with E-state index in [-0.39, 0.29) is 5.54 Å². The maximum atomic E-state index is 6.02. The molecule has 0 radical (unpaired) electrons. The Hall–Kier alpha value is -1.29. The number of oxazole rings is 1. The summed E-state index contributed by atoms with van der Waals surface area (Å²) in [4.78, 5) is 0. The molecule has 4 heteroatoms. The third kappa shape index (κ3) is 1.23. The first-order valence-electron chi connectivity index (χ1n) is 4.95. The lowest BCUT2D eigenvalue weighted by molar-refractivity contribution is 0.584. The van der Waals surface area contributed by atoms with Crippen molar-refractivity contribution < 1.29 is 4.42 Å². The van der Waals surface area contributed by atoms with Gasteiger partial charge in [0.2, 0.25) is 5.71 Å². The second-order valence-corrected chi connectivity index (χ2v) is 4.18. The highest BCUT2D eigenvalue weighted by Crippen LogP contribution is 2.36. The molecule has 0 bridgehead atoms. The van der Waals surface area contributed by atoms with Gasteiger partial charge in [-0.1, -0.05) is 0 Å². The highest BCUT2D eigenvalue weighted by molar-refractivity contribution is 5.42. The molecule has 74 valence electrons. The molecule has 2 heterocycles. The van der Waals surface area contributed by atoms with Crippen LogP contribution in [0.2, 0.25) is 0 Å². The van der Waals surface area contributed by atoms with Crippen molar-refractivity contribution in [3.8, 4) is 0 Å². The lowest BCUT2D eigenvalue weighted by Crippen LogP contribution is -2.21. The normalized spacial score (nSPS) is 18.9. The Bertz CT molecular complexity index is 453. The monoisotopic (exact) mass is 191 g/mol. The molecule has 0 spiro atoms. The summed E-state index contributed by atoms with van der Waals surface area (Å²) in [7, 11) is 0. The topological polar surface area (TPSA) is 56.5 Å². The van der Waals surface area contributed by atoms with Crippen LogP contribution in [0, 0.1) is 0 Å². The van der Waals surface area contributed by atoms with Crippen molar-refractivity contribution in [1.82, 2.24) is 9.61 Å². The van der Waals surface area contributed by atoms with Crippen LogP contribution in [0.15, 0.2) is 23.1 Å². The largest absolute Gasteiger partial charge is 0.445 e. The van der Waals surface area contributed by atoms with Gasteiger partial charge in [-0.25, -0.2) is 4.52 Å². The van der Waals surface area contributed by atoms with E-state index < -0.39 is 0 Å². The van der Waals surface area contributed by atoms with Crippen molar-refractivity contribution >= 4 is 5.71 Å². The Kier molecular flexibility index (Phi) is 1.50. The predicted octanol–water partition coefficient (Wildman–Crippen LogP) is 1.35. The first-order chi connectivity index (χ1) is 6.77. The fourth-order valence-electron chi connectivity index (χ4n) is 1.74. The molecule has 3 rings (SSSR count). The van der Waals surface area contributed by atoms with Gasteiger partial charge in [0.05, 0.1) is 12.4 Å². The van der Waals surface area contributed by atoms with E-state index in [0.717, 1.165) is 37.0 Å². The number of aromatic nitrogens is 2. The minimum absolute atomic E-state index is 0.112. The number of hydrogen-bond donors (Lipinski definition) is 1. The van der Waals surface area contributed by atoms with Crippen LogP contribution >= 0.6 is 0 Å². The zero-order chi connectivity index (χ0) is 9.60. The molecule has 0 unspecified atom stereocenters. The molecule has 2 aromatic heterocycles. The number of rotatable bonds is 3. The summed E-state index contributed by atoms with van der Waals surface area (Å²) >= 11 is 0. The van der Waals surface area contributed by atoms with Crippen molar-refractivity contribution in [2.45, 2.75) is 31.2 Å². The van der Waals surface area contributed by atoms with Gasteiger partial charge in [0.25, 0.3) is 0 Å². The van der Waals surface area contributed by atoms with Crippen LogP contribution in [0.25, 0.3) is 5.71 Å². The molecule has 1 aliphatic rings. The van der Waals surface area contributed by atoms with Gasteiger partial charge in [-0.05, 0) is 25.7 Å². The zero-order valence-electron chi connectivity index (χ0n) is 7.94. The number of nitrogens with two attached hydrogens (primary N) is 1. The fourth-order valence-corrected chi connectivity index (χ4v) is 1.74. The Labute approximate surface area is 81.7 Å². The minimum Gasteiger partial charge on any atom is -0.445 e. The molecule has 1 fully saturated rings. The predicted molar refractivity (Wildman–Crippen MR) is 51.9 cm³/mol. The van der Waals surface area contributed by atoms with Crippen molar-refractivity contribution in [2.75, 3.05) is 0 Å². The van der Waals surface area contributed by atoms with E-state index in [1.54, 1.807) is 10.8 Å². The molecular weight excluding hydrogens is 178 g/mol. The van der Waals surface area contributed by atoms with Gasteiger partial charge >= 0.3 is 0 Å². The standard InChI is InChI=1S/C10H13N3O/c11-10(3-4-10)2-1-8-7-12-13-5-6-14-9(8)13/h5-7H,1-4,11H2. The number of nitrogens with zero attached hydrogens (tertiary/aromatic N) is 2. The molecule has 1 aliphatic carbocycles. The molecular formula is C10H13N3O. The van der Waals surface area contributed by atoms with Crippen LogP contribution in [-0.4, -0.2) is 15.2 Å². The summed E-state index contributed by atoms with van der Waals surface area (Å²) in [6.07, 6.45) is 9.66. The number of hydrogen-bond acceptors (Lipinski definition) is 3. The lowest BCUT2D eigenvalue weighted by atomic mass is 10.1. The number of aryl methyl sites for hydroxylation is 1. The van der Waals surface area contributed by atoms with Crippen LogP contribution < -0.4 is 5.73 Å². The summed E-state index contributed by atoms with van der Waals surface area (Å²) in [5, 5.41) is 4.18. The van der Waals surface area contributed by atoms with E-state index in [4.69, 9.17) is 10.2 Å². The highest BCUT2D eigenvalue weighted by atomic mass is 16.3. The first-order valence-corrected chi connectivity index (χ1v) is 4.95. The van der Waals surface area contributed by atoms with E-state index in [0.29, 0.717) is 0 Å². The van der Waals surface area contributed by atoms with Crippen molar-refractivity contribution in [3.05, 3.63) is 24.2 Å². The van der Waals surface area contributed by atoms with Crippen molar-refractivity contribution in [3.63, 3.8) is 0 Å². The average Bonchev–Trinajstić information content (AvgIpc) is 2.65. The third-order valence-electron chi connectivity index (χ3n) is 2.99. The van der Waals surface area contributed by atoms with Crippen molar-refractivity contribution in [1.29, 1.82) is 0 Å². The van der Waals surface area contributed by atoms with Crippen LogP contribution in [0.3, 0.4) is 0 Å². The molecule has 4 nitrogen and oxygen atoms in total. The minimum atomic E-state index is 0.112. The molecule has 0 saturated heterocycles. The average molecular weight is 191 g/mol. The molecule has 1 saturated carbocycles. The van der Waals surface area contributed by atoms with Gasteiger partial charge in [0, 0.05) is 11.1 Å². The fraction of sp³-hybridized carbons (Fsp3) is 0.500. The molecule has 0 aliphatic heterocycles. The highest BCUT2D eigenvalue weighted by Gasteiger charge is 2.37. The quantitative estimate of drug-likeness (QED) is 0.796. The summed E-state index contributed by atoms with van der Waals surface area (Å²) in [5.41, 5.74) is 8.15. The van der Waals surface area contributed by atoms with Gasteiger partial charge in [-0.3, -0.25) is 0 Å². The van der Waals surface area contributed by atoms with E-state index in [1.807, 2.05) is 12.4 Å². The summed E-state index contributed by atoms with van der Waals surface area (Å²) in [5.74, 6) is 0. The van der Waals surface area contributed by atoms with Gasteiger partial charge in [-0.15, -0.1) is 0 Å². The third-order valence-corrected chi connectivity index (χ3v) is 2.99. The molecule has 0 atom stereocenters. The Morgan fingerprint density at radius 2 is 2.43 bits per heavy atom. The van der Waals surface area contributed by atoms with Gasteiger partial charge in [-0.2, -0.15) is 5.10 Å². The number of fused-ring (bicyclic) bond motifs is 1. The Balaban J connectivity index is 1.81. The molecule has 0 aromatic carbocycles. The van der Waals surface area contributed by atoms with Crippen LogP contribution in [0.1, 0.15) is 24.8 Å². The molecule has 2 aromatic rings. The molecule has 2 N–H and O–H groups in total. The second kappa shape index (κ2) is 2.60. The van der Waals surface area contributed by atoms with E-state index >= 15 is 0 Å². The van der Waals surface area contributed by atoms with Crippen molar-refractivity contribution in [2.24, 2.45) is 5.73 Å². The van der Waals surface area contributed by atoms with Gasteiger partial charge < -0.3 is 10.2 Å². The Morgan fingerprint density at radius 1 is 1.57 bits per heavy atom. The van der Waals surface area contributed by atoms with Crippen LogP contribution in [-0.2, 0) is 6.42 Å². The lowest BCUT2D eigenvalue weighted by Gasteiger charge is -2.05. The Morgan fingerprint density at radius 3 is 3.21 bits per heavy atom. The van der Waals surface area contributed by atoms with Crippen LogP contribution in [0.5, 0.6) is 0 Å². The molecule has 14 heavy (non-hydrogen) atoms. The summed E-state index contributed by atoms with van der Waals surface area (Å²) in [6.45, 7) is 0. The maximum absolute atomic E-state index is 6.02. The summed E-state index contributed by atoms with van der Waals surface area (Å²) < 4.78 is 7.09. The van der Waals surface area contributed by atoms with Gasteiger partial charge in [0.1, 0.15) is 6.26 Å². The van der Waals surface area contributed by atoms with E-state index in [1.165, 1.54) is 0 Å². The van der Waals surface area contributed by atoms with E-state index in [9.17, 15) is 0 Å². The SMILES string of the molecule is NC1(CCc2cnn3ccoc23)CC1. The smallest absolute Gasteiger partial charge is 0.224 e. The summed E-state index contributed by atoms with van der Waals surface area (Å²) in [6, 6.07) is 0. The maximum Gasteiger partial charge on any atom is 0.224 e. The zero-order valence-corrected chi connectivity index (χ0v) is 7.94.